The van der Waals surface area contributed by atoms with Gasteiger partial charge in [-0.05, 0) is 19.9 Å². The molecule has 0 aliphatic heterocycles. The van der Waals surface area contributed by atoms with Crippen LogP contribution in [0, 0.1) is 0 Å². The van der Waals surface area contributed by atoms with E-state index >= 15 is 0 Å². The number of nitrogens with zero attached hydrogens (tertiary/aromatic N) is 1. The fourth-order valence-corrected chi connectivity index (χ4v) is 1.45. The summed E-state index contributed by atoms with van der Waals surface area (Å²) in [6, 6.07) is 0. The Kier molecular flexibility index (Phi) is 13.7. The maximum atomic E-state index is 11.8. The van der Waals surface area contributed by atoms with Gasteiger partial charge in [-0.15, -0.1) is 12.4 Å². The number of carbonyl (C=O) groups is 2. The van der Waals surface area contributed by atoms with Crippen LogP contribution in [0.1, 0.15) is 33.1 Å². The minimum absolute atomic E-state index is 0. The number of carbonyl (C=O) groups excluding carboxylic acids is 2. The molecule has 0 aliphatic rings. The van der Waals surface area contributed by atoms with Crippen molar-refractivity contribution >= 4 is 24.2 Å². The van der Waals surface area contributed by atoms with Gasteiger partial charge in [-0.3, -0.25) is 9.59 Å². The molecule has 0 aromatic rings. The van der Waals surface area contributed by atoms with Gasteiger partial charge in [0, 0.05) is 26.1 Å². The molecule has 0 radical (unpaired) electrons. The van der Waals surface area contributed by atoms with Gasteiger partial charge in [0.05, 0.1) is 6.54 Å². The quantitative estimate of drug-likeness (QED) is 0.656. The highest BCUT2D eigenvalue weighted by Gasteiger charge is 2.15. The van der Waals surface area contributed by atoms with E-state index in [-0.39, 0.29) is 30.8 Å². The van der Waals surface area contributed by atoms with Gasteiger partial charge < -0.3 is 15.5 Å². The fourth-order valence-electron chi connectivity index (χ4n) is 1.45. The van der Waals surface area contributed by atoms with E-state index in [1.165, 1.54) is 0 Å². The molecule has 108 valence electrons. The van der Waals surface area contributed by atoms with Crippen LogP contribution in [0.2, 0.25) is 0 Å². The van der Waals surface area contributed by atoms with Crippen LogP contribution in [0.3, 0.4) is 0 Å². The number of amides is 2. The Morgan fingerprint density at radius 1 is 1.11 bits per heavy atom. The molecule has 6 heteroatoms. The monoisotopic (exact) mass is 279 g/mol. The second-order valence-corrected chi connectivity index (χ2v) is 4.02. The van der Waals surface area contributed by atoms with Gasteiger partial charge in [-0.25, -0.2) is 0 Å². The summed E-state index contributed by atoms with van der Waals surface area (Å²) in [5.41, 5.74) is 0. The molecule has 0 spiro atoms. The number of rotatable bonds is 9. The number of halogens is 1. The lowest BCUT2D eigenvalue weighted by Gasteiger charge is -2.21. The van der Waals surface area contributed by atoms with Crippen LogP contribution in [0.4, 0.5) is 0 Å². The maximum absolute atomic E-state index is 11.8. The molecule has 0 aliphatic carbocycles. The van der Waals surface area contributed by atoms with E-state index in [0.717, 1.165) is 12.8 Å². The predicted molar refractivity (Wildman–Crippen MR) is 76.0 cm³/mol. The summed E-state index contributed by atoms with van der Waals surface area (Å²) in [5.74, 6) is -0.0362. The predicted octanol–water partition coefficient (Wildman–Crippen LogP) is 0.782. The van der Waals surface area contributed by atoms with Gasteiger partial charge in [0.25, 0.3) is 0 Å². The van der Waals surface area contributed by atoms with E-state index in [1.807, 2.05) is 20.9 Å². The first-order valence-corrected chi connectivity index (χ1v) is 6.34. The SMILES string of the molecule is CCCNC(=O)CN(CCC)C(=O)CCNC.Cl. The molecule has 0 aromatic carbocycles. The summed E-state index contributed by atoms with van der Waals surface area (Å²) in [6.07, 6.45) is 2.22. The molecule has 5 nitrogen and oxygen atoms in total. The van der Waals surface area contributed by atoms with Crippen LogP contribution >= 0.6 is 12.4 Å². The number of hydrogen-bond donors (Lipinski definition) is 2. The normalized spacial score (nSPS) is 9.50. The Balaban J connectivity index is 0. The molecule has 0 saturated carbocycles. The molecule has 0 atom stereocenters. The highest BCUT2D eigenvalue weighted by atomic mass is 35.5. The van der Waals surface area contributed by atoms with E-state index in [9.17, 15) is 9.59 Å². The fraction of sp³-hybridized carbons (Fsp3) is 0.833. The average molecular weight is 280 g/mol. The van der Waals surface area contributed by atoms with Gasteiger partial charge in [0.1, 0.15) is 0 Å². The van der Waals surface area contributed by atoms with Crippen LogP contribution in [0.15, 0.2) is 0 Å². The molecule has 0 unspecified atom stereocenters. The lowest BCUT2D eigenvalue weighted by Crippen LogP contribution is -2.42. The lowest BCUT2D eigenvalue weighted by atomic mass is 10.3. The molecule has 0 aromatic heterocycles. The summed E-state index contributed by atoms with van der Waals surface area (Å²) in [5, 5.41) is 5.72. The van der Waals surface area contributed by atoms with E-state index in [2.05, 4.69) is 10.6 Å². The van der Waals surface area contributed by atoms with E-state index in [1.54, 1.807) is 4.90 Å². The molecule has 2 amide bonds. The highest BCUT2D eigenvalue weighted by Crippen LogP contribution is 1.96. The van der Waals surface area contributed by atoms with E-state index < -0.39 is 0 Å². The van der Waals surface area contributed by atoms with Crippen molar-refractivity contribution in [1.82, 2.24) is 15.5 Å². The average Bonchev–Trinajstić information content (AvgIpc) is 2.32. The van der Waals surface area contributed by atoms with Gasteiger partial charge in [-0.2, -0.15) is 0 Å². The van der Waals surface area contributed by atoms with Crippen LogP contribution in [0.25, 0.3) is 0 Å². The zero-order valence-corrected chi connectivity index (χ0v) is 12.4. The largest absolute Gasteiger partial charge is 0.355 e. The Labute approximate surface area is 116 Å². The summed E-state index contributed by atoms with van der Waals surface area (Å²) in [6.45, 7) is 6.14. The molecular weight excluding hydrogens is 254 g/mol. The van der Waals surface area contributed by atoms with Crippen LogP contribution in [-0.2, 0) is 9.59 Å². The third-order valence-electron chi connectivity index (χ3n) is 2.34. The lowest BCUT2D eigenvalue weighted by molar-refractivity contribution is -0.136. The van der Waals surface area contributed by atoms with E-state index in [0.29, 0.717) is 26.1 Å². The van der Waals surface area contributed by atoms with Crippen LogP contribution < -0.4 is 10.6 Å². The minimum Gasteiger partial charge on any atom is -0.355 e. The molecule has 0 rings (SSSR count). The van der Waals surface area contributed by atoms with Gasteiger partial charge in [0.2, 0.25) is 11.8 Å². The zero-order chi connectivity index (χ0) is 13.1. The highest BCUT2D eigenvalue weighted by molar-refractivity contribution is 5.85. The van der Waals surface area contributed by atoms with Crippen LogP contribution in [0.5, 0.6) is 0 Å². The van der Waals surface area contributed by atoms with Crippen molar-refractivity contribution in [3.05, 3.63) is 0 Å². The Morgan fingerprint density at radius 2 is 1.78 bits per heavy atom. The summed E-state index contributed by atoms with van der Waals surface area (Å²) in [7, 11) is 1.81. The smallest absolute Gasteiger partial charge is 0.239 e. The molecule has 0 heterocycles. The number of hydrogen-bond acceptors (Lipinski definition) is 3. The molecule has 18 heavy (non-hydrogen) atoms. The van der Waals surface area contributed by atoms with Crippen molar-refractivity contribution in [2.24, 2.45) is 0 Å². The maximum Gasteiger partial charge on any atom is 0.239 e. The standard InChI is InChI=1S/C12H25N3O2.ClH/c1-4-7-14-11(16)10-15(9-5-2)12(17)6-8-13-3;/h13H,4-10H2,1-3H3,(H,14,16);1H. The van der Waals surface area contributed by atoms with Crippen molar-refractivity contribution in [3.8, 4) is 0 Å². The van der Waals surface area contributed by atoms with Crippen molar-refractivity contribution in [2.75, 3.05) is 33.2 Å². The second kappa shape index (κ2) is 12.6. The number of nitrogens with one attached hydrogen (secondary N) is 2. The van der Waals surface area contributed by atoms with Crippen LogP contribution in [-0.4, -0.2) is 49.9 Å². The Hall–Kier alpha value is -0.810. The summed E-state index contributed by atoms with van der Waals surface area (Å²) < 4.78 is 0. The third-order valence-corrected chi connectivity index (χ3v) is 2.34. The zero-order valence-electron chi connectivity index (χ0n) is 11.6. The Morgan fingerprint density at radius 3 is 2.28 bits per heavy atom. The molecular formula is C12H26ClN3O2. The van der Waals surface area contributed by atoms with E-state index in [4.69, 9.17) is 0 Å². The first-order valence-electron chi connectivity index (χ1n) is 6.34. The van der Waals surface area contributed by atoms with Crippen molar-refractivity contribution in [3.63, 3.8) is 0 Å². The Bertz CT molecular complexity index is 237. The van der Waals surface area contributed by atoms with Crippen molar-refractivity contribution in [1.29, 1.82) is 0 Å². The first-order chi connectivity index (χ1) is 8.15. The summed E-state index contributed by atoms with van der Waals surface area (Å²) >= 11 is 0. The second-order valence-electron chi connectivity index (χ2n) is 4.02. The van der Waals surface area contributed by atoms with Gasteiger partial charge >= 0.3 is 0 Å². The molecule has 0 fully saturated rings. The molecule has 2 N–H and O–H groups in total. The third kappa shape index (κ3) is 9.24. The van der Waals surface area contributed by atoms with Crippen molar-refractivity contribution in [2.45, 2.75) is 33.1 Å². The molecule has 0 bridgehead atoms. The topological polar surface area (TPSA) is 61.4 Å². The molecule has 0 saturated heterocycles. The first kappa shape index (κ1) is 19.5. The minimum atomic E-state index is -0.0712. The van der Waals surface area contributed by atoms with Gasteiger partial charge in [0.15, 0.2) is 0 Å². The van der Waals surface area contributed by atoms with Crippen molar-refractivity contribution < 1.29 is 9.59 Å². The summed E-state index contributed by atoms with van der Waals surface area (Å²) in [4.78, 5) is 25.0. The van der Waals surface area contributed by atoms with Gasteiger partial charge in [-0.1, -0.05) is 13.8 Å².